The van der Waals surface area contributed by atoms with Gasteiger partial charge in [-0.15, -0.1) is 0 Å². The van der Waals surface area contributed by atoms with E-state index in [1.165, 1.54) is 0 Å². The van der Waals surface area contributed by atoms with Crippen LogP contribution in [0.3, 0.4) is 0 Å². The van der Waals surface area contributed by atoms with Crippen LogP contribution in [-0.4, -0.2) is 55.3 Å². The summed E-state index contributed by atoms with van der Waals surface area (Å²) in [5.41, 5.74) is 0. The topological polar surface area (TPSA) is 124 Å². The average Bonchev–Trinajstić information content (AvgIpc) is 2.01. The molecule has 0 aliphatic carbocycles. The molecule has 0 aromatic heterocycles. The minimum Gasteiger partial charge on any atom is -0.543 e. The fraction of sp³-hybridized carbons (Fsp3) is 0.667. The number of nitriles is 1. The lowest BCUT2D eigenvalue weighted by Crippen LogP contribution is -2.42. The number of likely N-dealkylation sites (N-methyl/N-ethyl adjacent to an activating group) is 1. The van der Waals surface area contributed by atoms with Crippen molar-refractivity contribution < 1.29 is 29.4 Å². The second kappa shape index (κ2) is 7.62. The molecule has 0 rings (SSSR count). The lowest BCUT2D eigenvalue weighted by Gasteiger charge is -2.25. The summed E-state index contributed by atoms with van der Waals surface area (Å²) < 4.78 is 0.697. The van der Waals surface area contributed by atoms with Gasteiger partial charge in [0, 0.05) is 0 Å². The Labute approximate surface area is 93.7 Å². The van der Waals surface area contributed by atoms with E-state index in [2.05, 4.69) is 0 Å². The molecular weight excluding hydrogens is 216 g/mol. The summed E-state index contributed by atoms with van der Waals surface area (Å²) in [6.45, 7) is 0.633. The number of hydrogen-bond acceptors (Lipinski definition) is 6. The van der Waals surface area contributed by atoms with Gasteiger partial charge in [-0.2, -0.15) is 5.26 Å². The number of carbonyl (C=O) groups excluding carboxylic acids is 2. The van der Waals surface area contributed by atoms with Crippen LogP contribution < -0.4 is 10.2 Å². The van der Waals surface area contributed by atoms with Crippen molar-refractivity contribution in [3.63, 3.8) is 0 Å². The Morgan fingerprint density at radius 1 is 1.31 bits per heavy atom. The van der Waals surface area contributed by atoms with Crippen molar-refractivity contribution in [3.05, 3.63) is 0 Å². The zero-order valence-corrected chi connectivity index (χ0v) is 9.47. The SMILES string of the molecule is C[N+](C)(C)CC(O)CC#N.O=C([O-])C(=O)[O-]. The van der Waals surface area contributed by atoms with Gasteiger partial charge in [-0.25, -0.2) is 0 Å². The number of aliphatic hydroxyl groups excluding tert-OH is 1. The maximum Gasteiger partial charge on any atom is 0.116 e. The Morgan fingerprint density at radius 3 is 1.88 bits per heavy atom. The van der Waals surface area contributed by atoms with Crippen LogP contribution in [0, 0.1) is 11.3 Å². The maximum atomic E-state index is 9.15. The van der Waals surface area contributed by atoms with Crippen LogP contribution >= 0.6 is 0 Å². The van der Waals surface area contributed by atoms with E-state index in [0.29, 0.717) is 11.0 Å². The van der Waals surface area contributed by atoms with E-state index in [4.69, 9.17) is 30.2 Å². The van der Waals surface area contributed by atoms with E-state index in [0.717, 1.165) is 0 Å². The number of carboxylic acid groups (broad SMARTS) is 2. The number of nitrogens with zero attached hydrogens (tertiary/aromatic N) is 2. The van der Waals surface area contributed by atoms with E-state index in [1.54, 1.807) is 0 Å². The molecule has 1 unspecified atom stereocenters. The molecule has 0 saturated carbocycles. The van der Waals surface area contributed by atoms with Crippen LogP contribution in [0.5, 0.6) is 0 Å². The molecule has 1 atom stereocenters. The molecule has 92 valence electrons. The van der Waals surface area contributed by atoms with Crippen LogP contribution in [0.25, 0.3) is 0 Å². The Kier molecular flexibility index (Phi) is 7.98. The third-order valence-electron chi connectivity index (χ3n) is 1.25. The van der Waals surface area contributed by atoms with Gasteiger partial charge in [-0.1, -0.05) is 0 Å². The van der Waals surface area contributed by atoms with E-state index < -0.39 is 18.0 Å². The molecule has 0 fully saturated rings. The molecule has 0 aromatic carbocycles. The summed E-state index contributed by atoms with van der Waals surface area (Å²) in [5, 5.41) is 35.2. The average molecular weight is 231 g/mol. The molecular formula is C9H15N2O5-. The molecule has 0 heterocycles. The fourth-order valence-electron chi connectivity index (χ4n) is 0.802. The number of quaternary nitrogens is 1. The summed E-state index contributed by atoms with van der Waals surface area (Å²) in [7, 11) is 5.96. The first-order valence-corrected chi connectivity index (χ1v) is 4.38. The van der Waals surface area contributed by atoms with E-state index in [9.17, 15) is 0 Å². The Morgan fingerprint density at radius 2 is 1.69 bits per heavy atom. The van der Waals surface area contributed by atoms with Crippen molar-refractivity contribution in [3.8, 4) is 6.07 Å². The van der Waals surface area contributed by atoms with Crippen LogP contribution in [0.4, 0.5) is 0 Å². The van der Waals surface area contributed by atoms with Crippen LogP contribution in [0.2, 0.25) is 0 Å². The molecule has 0 radical (unpaired) electrons. The molecule has 0 bridgehead atoms. The lowest BCUT2D eigenvalue weighted by molar-refractivity contribution is -0.873. The molecule has 7 nitrogen and oxygen atoms in total. The number of aliphatic carboxylic acids is 2. The van der Waals surface area contributed by atoms with Gasteiger partial charge >= 0.3 is 0 Å². The zero-order valence-electron chi connectivity index (χ0n) is 9.47. The van der Waals surface area contributed by atoms with E-state index in [-0.39, 0.29) is 6.42 Å². The second-order valence-corrected chi connectivity index (χ2v) is 4.06. The third-order valence-corrected chi connectivity index (χ3v) is 1.25. The molecule has 0 aliphatic rings. The highest BCUT2D eigenvalue weighted by Crippen LogP contribution is 1.97. The number of carbonyl (C=O) groups is 2. The van der Waals surface area contributed by atoms with Gasteiger partial charge in [0.15, 0.2) is 0 Å². The predicted molar refractivity (Wildman–Crippen MR) is 49.2 cm³/mol. The molecule has 0 saturated heterocycles. The third kappa shape index (κ3) is 14.9. The number of rotatable bonds is 3. The molecule has 16 heavy (non-hydrogen) atoms. The van der Waals surface area contributed by atoms with Crippen molar-refractivity contribution in [1.29, 1.82) is 5.26 Å². The first-order chi connectivity index (χ1) is 7.10. The molecule has 0 spiro atoms. The van der Waals surface area contributed by atoms with Gasteiger partial charge in [0.05, 0.1) is 45.6 Å². The van der Waals surface area contributed by atoms with Crippen molar-refractivity contribution in [2.24, 2.45) is 0 Å². The maximum absolute atomic E-state index is 9.15. The molecule has 0 aliphatic heterocycles. The van der Waals surface area contributed by atoms with Crippen molar-refractivity contribution in [1.82, 2.24) is 0 Å². The molecule has 0 amide bonds. The molecule has 7 heteroatoms. The summed E-state index contributed by atoms with van der Waals surface area (Å²) in [6.07, 6.45) is -0.250. The Bertz CT molecular complexity index is 265. The highest BCUT2D eigenvalue weighted by atomic mass is 16.4. The minimum atomic E-state index is -2.19. The summed E-state index contributed by atoms with van der Waals surface area (Å²) in [6, 6.07) is 1.93. The lowest BCUT2D eigenvalue weighted by atomic mass is 10.2. The van der Waals surface area contributed by atoms with Gasteiger partial charge < -0.3 is 29.4 Å². The monoisotopic (exact) mass is 231 g/mol. The smallest absolute Gasteiger partial charge is 0.116 e. The highest BCUT2D eigenvalue weighted by molar-refractivity contribution is 6.25. The first-order valence-electron chi connectivity index (χ1n) is 4.38. The number of hydrogen-bond donors (Lipinski definition) is 1. The Balaban J connectivity index is 0. The summed E-state index contributed by atoms with van der Waals surface area (Å²) in [4.78, 5) is 17.9. The van der Waals surface area contributed by atoms with E-state index in [1.807, 2.05) is 27.2 Å². The minimum absolute atomic E-state index is 0.232. The zero-order chi connectivity index (χ0) is 13.4. The second-order valence-electron chi connectivity index (χ2n) is 4.06. The quantitative estimate of drug-likeness (QED) is 0.396. The number of aliphatic hydroxyl groups is 1. The standard InChI is InChI=1S/C7H15N2O.C2H2O4/c1-9(2,3)6-7(10)4-5-8;3-1(4)2(5)6/h7,10H,4,6H2,1-3H3;(H,3,4)(H,5,6)/q+1;/p-2. The van der Waals surface area contributed by atoms with Crippen LogP contribution in [-0.2, 0) is 9.59 Å². The van der Waals surface area contributed by atoms with Gasteiger partial charge in [-0.3, -0.25) is 0 Å². The van der Waals surface area contributed by atoms with Crippen LogP contribution in [0.1, 0.15) is 6.42 Å². The van der Waals surface area contributed by atoms with Crippen LogP contribution in [0.15, 0.2) is 0 Å². The van der Waals surface area contributed by atoms with Gasteiger partial charge in [0.1, 0.15) is 12.6 Å². The van der Waals surface area contributed by atoms with Gasteiger partial charge in [0.2, 0.25) is 0 Å². The fourth-order valence-corrected chi connectivity index (χ4v) is 0.802. The van der Waals surface area contributed by atoms with Crippen molar-refractivity contribution in [2.45, 2.75) is 12.5 Å². The van der Waals surface area contributed by atoms with E-state index >= 15 is 0 Å². The van der Waals surface area contributed by atoms with Gasteiger partial charge in [-0.05, 0) is 0 Å². The summed E-state index contributed by atoms with van der Waals surface area (Å²) >= 11 is 0. The largest absolute Gasteiger partial charge is 0.543 e. The predicted octanol–water partition coefficient (Wildman–Crippen LogP) is -3.55. The first kappa shape index (κ1) is 16.8. The van der Waals surface area contributed by atoms with Crippen molar-refractivity contribution >= 4 is 11.9 Å². The summed E-state index contributed by atoms with van der Waals surface area (Å²) in [5.74, 6) is -4.37. The highest BCUT2D eigenvalue weighted by Gasteiger charge is 2.14. The van der Waals surface area contributed by atoms with Gasteiger partial charge in [0.25, 0.3) is 0 Å². The molecule has 0 aromatic rings. The molecule has 1 N–H and O–H groups in total. The normalized spacial score (nSPS) is 11.7. The van der Waals surface area contributed by atoms with Crippen molar-refractivity contribution in [2.75, 3.05) is 27.7 Å². The number of carboxylic acids is 2. The Hall–Kier alpha value is -1.65.